The summed E-state index contributed by atoms with van der Waals surface area (Å²) in [7, 11) is 4.08. The fourth-order valence-electron chi connectivity index (χ4n) is 2.68. The van der Waals surface area contributed by atoms with Gasteiger partial charge in [-0.05, 0) is 90.8 Å². The van der Waals surface area contributed by atoms with Gasteiger partial charge >= 0.3 is 0 Å². The van der Waals surface area contributed by atoms with Crippen LogP contribution in [0, 0.1) is 9.39 Å². The number of anilines is 1. The lowest BCUT2D eigenvalue weighted by Crippen LogP contribution is -2.13. The molecule has 28 heavy (non-hydrogen) atoms. The lowest BCUT2D eigenvalue weighted by molar-refractivity contribution is 0.102. The average Bonchev–Trinajstić information content (AvgIpc) is 2.65. The van der Waals surface area contributed by atoms with Crippen molar-refractivity contribution in [3.8, 4) is 0 Å². The molecule has 0 bridgehead atoms. The fraction of sp³-hybridized carbons (Fsp3) is 0.136. The van der Waals surface area contributed by atoms with Gasteiger partial charge in [0.2, 0.25) is 0 Å². The summed E-state index contributed by atoms with van der Waals surface area (Å²) >= 11 is 3.85. The molecule has 1 amide bonds. The molecule has 1 N–H and O–H groups in total. The number of halogens is 2. The zero-order valence-corrected chi connectivity index (χ0v) is 18.6. The van der Waals surface area contributed by atoms with E-state index < -0.39 is 0 Å². The molecule has 0 aliphatic heterocycles. The number of amides is 1. The largest absolute Gasteiger partial charge is 0.321 e. The highest BCUT2D eigenvalue weighted by atomic mass is 127. The molecule has 0 fully saturated rings. The second-order valence-corrected chi connectivity index (χ2v) is 8.88. The van der Waals surface area contributed by atoms with Crippen LogP contribution >= 0.6 is 34.4 Å². The molecule has 0 aromatic heterocycles. The van der Waals surface area contributed by atoms with E-state index in [0.717, 1.165) is 25.6 Å². The first-order valence-corrected chi connectivity index (χ1v) is 10.6. The van der Waals surface area contributed by atoms with Gasteiger partial charge in [-0.1, -0.05) is 30.0 Å². The van der Waals surface area contributed by atoms with Gasteiger partial charge < -0.3 is 10.2 Å². The van der Waals surface area contributed by atoms with Crippen LogP contribution in [0.1, 0.15) is 15.9 Å². The second-order valence-electron chi connectivity index (χ2n) is 6.55. The number of carbonyl (C=O) groups is 1. The number of nitrogens with zero attached hydrogens (tertiary/aromatic N) is 1. The van der Waals surface area contributed by atoms with Gasteiger partial charge in [0.1, 0.15) is 5.82 Å². The van der Waals surface area contributed by atoms with Gasteiger partial charge in [0.05, 0.1) is 5.69 Å². The minimum Gasteiger partial charge on any atom is -0.321 e. The Morgan fingerprint density at radius 2 is 1.75 bits per heavy atom. The van der Waals surface area contributed by atoms with Crippen molar-refractivity contribution in [2.24, 2.45) is 0 Å². The third-order valence-electron chi connectivity index (χ3n) is 3.98. The first-order valence-electron chi connectivity index (χ1n) is 8.69. The van der Waals surface area contributed by atoms with Gasteiger partial charge in [-0.3, -0.25) is 4.79 Å². The maximum atomic E-state index is 13.1. The summed E-state index contributed by atoms with van der Waals surface area (Å²) in [5.41, 5.74) is 2.39. The summed E-state index contributed by atoms with van der Waals surface area (Å²) in [5, 5.41) is 2.97. The highest BCUT2D eigenvalue weighted by Gasteiger charge is 2.13. The molecular formula is C22H20FIN2OS. The molecular weight excluding hydrogens is 486 g/mol. The van der Waals surface area contributed by atoms with E-state index >= 15 is 0 Å². The Hall–Kier alpha value is -1.90. The Bertz CT molecular complexity index is 977. The van der Waals surface area contributed by atoms with Crippen molar-refractivity contribution in [2.45, 2.75) is 16.3 Å². The predicted octanol–water partition coefficient (Wildman–Crippen LogP) is 5.90. The van der Waals surface area contributed by atoms with Gasteiger partial charge in [0.15, 0.2) is 0 Å². The third kappa shape index (κ3) is 5.56. The van der Waals surface area contributed by atoms with Crippen LogP contribution in [0.3, 0.4) is 0 Å². The normalized spacial score (nSPS) is 10.9. The van der Waals surface area contributed by atoms with Crippen LogP contribution in [0.4, 0.5) is 10.1 Å². The van der Waals surface area contributed by atoms with E-state index in [9.17, 15) is 9.18 Å². The van der Waals surface area contributed by atoms with Gasteiger partial charge in [-0.2, -0.15) is 0 Å². The molecule has 0 aliphatic rings. The molecule has 6 heteroatoms. The van der Waals surface area contributed by atoms with Crippen LogP contribution in [0.2, 0.25) is 0 Å². The molecule has 0 saturated heterocycles. The Morgan fingerprint density at radius 3 is 2.46 bits per heavy atom. The number of nitrogens with one attached hydrogen (secondary N) is 1. The number of rotatable bonds is 6. The maximum Gasteiger partial charge on any atom is 0.255 e. The lowest BCUT2D eigenvalue weighted by Gasteiger charge is -2.16. The lowest BCUT2D eigenvalue weighted by atomic mass is 10.2. The van der Waals surface area contributed by atoms with Gasteiger partial charge in [-0.15, -0.1) is 0 Å². The molecule has 0 radical (unpaired) electrons. The van der Waals surface area contributed by atoms with Crippen molar-refractivity contribution in [3.05, 3.63) is 87.2 Å². The summed E-state index contributed by atoms with van der Waals surface area (Å²) in [5.74, 6) is -0.620. The van der Waals surface area contributed by atoms with Crippen LogP contribution in [-0.2, 0) is 6.54 Å². The van der Waals surface area contributed by atoms with Crippen LogP contribution in [0.25, 0.3) is 0 Å². The number of carbonyl (C=O) groups excluding carboxylic acids is 1. The minimum atomic E-state index is -0.362. The number of hydrogen-bond acceptors (Lipinski definition) is 3. The Morgan fingerprint density at radius 1 is 1.04 bits per heavy atom. The van der Waals surface area contributed by atoms with Crippen LogP contribution in [0.15, 0.2) is 76.5 Å². The molecule has 3 nitrogen and oxygen atoms in total. The van der Waals surface area contributed by atoms with Gasteiger partial charge in [0.25, 0.3) is 5.91 Å². The predicted molar refractivity (Wildman–Crippen MR) is 121 cm³/mol. The zero-order valence-electron chi connectivity index (χ0n) is 15.6. The summed E-state index contributed by atoms with van der Waals surface area (Å²) in [4.78, 5) is 16.8. The quantitative estimate of drug-likeness (QED) is 0.423. The Labute approximate surface area is 182 Å². The van der Waals surface area contributed by atoms with Crippen LogP contribution < -0.4 is 5.32 Å². The highest BCUT2D eigenvalue weighted by molar-refractivity contribution is 14.1. The third-order valence-corrected chi connectivity index (χ3v) is 5.84. The summed E-state index contributed by atoms with van der Waals surface area (Å²) in [6.07, 6.45) is 0. The van der Waals surface area contributed by atoms with Crippen molar-refractivity contribution in [2.75, 3.05) is 19.4 Å². The first-order chi connectivity index (χ1) is 13.4. The van der Waals surface area contributed by atoms with E-state index in [4.69, 9.17) is 0 Å². The van der Waals surface area contributed by atoms with E-state index in [1.54, 1.807) is 11.8 Å². The maximum absolute atomic E-state index is 13.1. The summed E-state index contributed by atoms with van der Waals surface area (Å²) in [6, 6.07) is 19.8. The van der Waals surface area contributed by atoms with Crippen LogP contribution in [-0.4, -0.2) is 24.9 Å². The SMILES string of the molecule is CN(C)Cc1ccccc1Sc1ccc(I)cc1NC(=O)c1ccc(F)cc1. The molecule has 144 valence electrons. The van der Waals surface area contributed by atoms with E-state index in [1.807, 2.05) is 44.4 Å². The zero-order chi connectivity index (χ0) is 20.1. The Balaban J connectivity index is 1.87. The van der Waals surface area contributed by atoms with Gasteiger partial charge in [-0.25, -0.2) is 4.39 Å². The number of hydrogen-bond donors (Lipinski definition) is 1. The topological polar surface area (TPSA) is 32.3 Å². The molecule has 0 spiro atoms. The van der Waals surface area contributed by atoms with Crippen molar-refractivity contribution >= 4 is 45.9 Å². The van der Waals surface area contributed by atoms with E-state index in [-0.39, 0.29) is 11.7 Å². The average molecular weight is 506 g/mol. The molecule has 0 heterocycles. The number of benzene rings is 3. The van der Waals surface area contributed by atoms with Crippen LogP contribution in [0.5, 0.6) is 0 Å². The smallest absolute Gasteiger partial charge is 0.255 e. The van der Waals surface area contributed by atoms with E-state index in [1.165, 1.54) is 29.8 Å². The molecule has 0 atom stereocenters. The van der Waals surface area contributed by atoms with Crippen molar-refractivity contribution in [1.82, 2.24) is 4.90 Å². The monoisotopic (exact) mass is 506 g/mol. The molecule has 3 aromatic rings. The molecule has 0 aliphatic carbocycles. The molecule has 3 rings (SSSR count). The molecule has 0 unspecified atom stereocenters. The summed E-state index contributed by atoms with van der Waals surface area (Å²) < 4.78 is 14.2. The summed E-state index contributed by atoms with van der Waals surface area (Å²) in [6.45, 7) is 0.838. The van der Waals surface area contributed by atoms with E-state index in [0.29, 0.717) is 5.56 Å². The van der Waals surface area contributed by atoms with Crippen molar-refractivity contribution in [1.29, 1.82) is 0 Å². The highest BCUT2D eigenvalue weighted by Crippen LogP contribution is 2.36. The minimum absolute atomic E-state index is 0.259. The van der Waals surface area contributed by atoms with Gasteiger partial charge in [0, 0.05) is 25.5 Å². The first kappa shape index (κ1) is 20.8. The standard InChI is InChI=1S/C22H20FIN2OS/c1-26(2)14-16-5-3-4-6-20(16)28-21-12-11-18(24)13-19(21)25-22(27)15-7-9-17(23)10-8-15/h3-13H,14H2,1-2H3,(H,25,27). The van der Waals surface area contributed by atoms with Crippen molar-refractivity contribution < 1.29 is 9.18 Å². The molecule has 0 saturated carbocycles. The molecule has 3 aromatic carbocycles. The Kier molecular flexibility index (Phi) is 7.09. The van der Waals surface area contributed by atoms with E-state index in [2.05, 4.69) is 44.9 Å². The fourth-order valence-corrected chi connectivity index (χ4v) is 4.17. The van der Waals surface area contributed by atoms with Crippen molar-refractivity contribution in [3.63, 3.8) is 0 Å². The second kappa shape index (κ2) is 9.54.